The number of thioether (sulfide) groups is 1. The van der Waals surface area contributed by atoms with E-state index in [0.717, 1.165) is 56.7 Å². The van der Waals surface area contributed by atoms with Gasteiger partial charge in [-0.05, 0) is 35.9 Å². The molecule has 0 spiro atoms. The van der Waals surface area contributed by atoms with Crippen LogP contribution in [0.5, 0.6) is 0 Å². The lowest BCUT2D eigenvalue weighted by molar-refractivity contribution is -0.113. The lowest BCUT2D eigenvalue weighted by Crippen LogP contribution is -2.35. The smallest absolute Gasteiger partial charge is 0.234 e. The standard InChI is InChI=1S/C19H20F2N2O2S/c20-17-6-5-16(11-18(17)21)26-13-19(24)22-15-3-1-14(2-4-15)12-23-7-9-25-10-8-23/h1-6,11H,7-10,12-13H2,(H,22,24). The number of morpholine rings is 1. The van der Waals surface area contributed by atoms with Crippen molar-refractivity contribution in [2.45, 2.75) is 11.4 Å². The molecular formula is C19H20F2N2O2S. The summed E-state index contributed by atoms with van der Waals surface area (Å²) >= 11 is 1.16. The van der Waals surface area contributed by atoms with Crippen LogP contribution in [0.2, 0.25) is 0 Å². The average Bonchev–Trinajstić information content (AvgIpc) is 2.65. The second kappa shape index (κ2) is 9.12. The van der Waals surface area contributed by atoms with Crippen LogP contribution in [0, 0.1) is 11.6 Å². The number of hydrogen-bond acceptors (Lipinski definition) is 4. The number of nitrogens with one attached hydrogen (secondary N) is 1. The normalized spacial score (nSPS) is 15.0. The molecule has 0 radical (unpaired) electrons. The van der Waals surface area contributed by atoms with Gasteiger partial charge in [0.25, 0.3) is 0 Å². The van der Waals surface area contributed by atoms with Crippen molar-refractivity contribution in [1.82, 2.24) is 4.90 Å². The number of amides is 1. The summed E-state index contributed by atoms with van der Waals surface area (Å²) in [5.74, 6) is -1.87. The number of anilines is 1. The maximum atomic E-state index is 13.2. The Morgan fingerprint density at radius 2 is 1.81 bits per heavy atom. The molecule has 2 aromatic rings. The molecular weight excluding hydrogens is 358 g/mol. The highest BCUT2D eigenvalue weighted by molar-refractivity contribution is 8.00. The van der Waals surface area contributed by atoms with E-state index < -0.39 is 11.6 Å². The van der Waals surface area contributed by atoms with Gasteiger partial charge in [0, 0.05) is 30.2 Å². The van der Waals surface area contributed by atoms with Crippen LogP contribution in [0.1, 0.15) is 5.56 Å². The van der Waals surface area contributed by atoms with E-state index in [0.29, 0.717) is 10.6 Å². The van der Waals surface area contributed by atoms with Gasteiger partial charge in [0.1, 0.15) is 0 Å². The van der Waals surface area contributed by atoms with Crippen molar-refractivity contribution in [3.8, 4) is 0 Å². The van der Waals surface area contributed by atoms with E-state index in [4.69, 9.17) is 4.74 Å². The first-order valence-corrected chi connectivity index (χ1v) is 9.35. The van der Waals surface area contributed by atoms with Gasteiger partial charge in [-0.3, -0.25) is 9.69 Å². The van der Waals surface area contributed by atoms with Crippen molar-refractivity contribution in [2.75, 3.05) is 37.4 Å². The van der Waals surface area contributed by atoms with Crippen LogP contribution in [0.3, 0.4) is 0 Å². The molecule has 1 N–H and O–H groups in total. The highest BCUT2D eigenvalue weighted by atomic mass is 32.2. The highest BCUT2D eigenvalue weighted by Crippen LogP contribution is 2.21. The van der Waals surface area contributed by atoms with Gasteiger partial charge in [0.2, 0.25) is 5.91 Å². The molecule has 0 aliphatic carbocycles. The second-order valence-electron chi connectivity index (χ2n) is 6.00. The molecule has 1 aliphatic rings. The summed E-state index contributed by atoms with van der Waals surface area (Å²) in [5.41, 5.74) is 1.90. The van der Waals surface area contributed by atoms with Crippen molar-refractivity contribution in [2.24, 2.45) is 0 Å². The topological polar surface area (TPSA) is 41.6 Å². The molecule has 26 heavy (non-hydrogen) atoms. The van der Waals surface area contributed by atoms with Crippen molar-refractivity contribution in [3.05, 3.63) is 59.7 Å². The van der Waals surface area contributed by atoms with Crippen LogP contribution in [0.25, 0.3) is 0 Å². The zero-order valence-corrected chi connectivity index (χ0v) is 15.0. The Morgan fingerprint density at radius 1 is 1.08 bits per heavy atom. The summed E-state index contributed by atoms with van der Waals surface area (Å²) in [6.45, 7) is 4.26. The van der Waals surface area contributed by atoms with Gasteiger partial charge in [0.05, 0.1) is 19.0 Å². The van der Waals surface area contributed by atoms with Gasteiger partial charge >= 0.3 is 0 Å². The molecule has 4 nitrogen and oxygen atoms in total. The molecule has 1 fully saturated rings. The summed E-state index contributed by atoms with van der Waals surface area (Å²) in [7, 11) is 0. The van der Waals surface area contributed by atoms with E-state index >= 15 is 0 Å². The second-order valence-corrected chi connectivity index (χ2v) is 7.05. The molecule has 138 valence electrons. The van der Waals surface area contributed by atoms with E-state index in [2.05, 4.69) is 10.2 Å². The monoisotopic (exact) mass is 378 g/mol. The Kier molecular flexibility index (Phi) is 6.60. The van der Waals surface area contributed by atoms with E-state index in [9.17, 15) is 13.6 Å². The van der Waals surface area contributed by atoms with Crippen LogP contribution >= 0.6 is 11.8 Å². The number of carbonyl (C=O) groups excluding carboxylic acids is 1. The molecule has 1 aliphatic heterocycles. The third-order valence-corrected chi connectivity index (χ3v) is 5.00. The Balaban J connectivity index is 1.47. The number of hydrogen-bond donors (Lipinski definition) is 1. The van der Waals surface area contributed by atoms with Crippen LogP contribution in [0.15, 0.2) is 47.4 Å². The maximum Gasteiger partial charge on any atom is 0.234 e. The summed E-state index contributed by atoms with van der Waals surface area (Å²) in [4.78, 5) is 14.9. The molecule has 1 amide bonds. The number of halogens is 2. The van der Waals surface area contributed by atoms with Crippen molar-refractivity contribution in [3.63, 3.8) is 0 Å². The molecule has 2 aromatic carbocycles. The molecule has 0 atom stereocenters. The lowest BCUT2D eigenvalue weighted by atomic mass is 10.2. The first-order chi connectivity index (χ1) is 12.6. The Hall–Kier alpha value is -1.96. The minimum atomic E-state index is -0.911. The first-order valence-electron chi connectivity index (χ1n) is 8.37. The Morgan fingerprint density at radius 3 is 2.50 bits per heavy atom. The Bertz CT molecular complexity index is 750. The highest BCUT2D eigenvalue weighted by Gasteiger charge is 2.11. The van der Waals surface area contributed by atoms with Crippen LogP contribution < -0.4 is 5.32 Å². The fourth-order valence-corrected chi connectivity index (χ4v) is 3.34. The minimum Gasteiger partial charge on any atom is -0.379 e. The van der Waals surface area contributed by atoms with E-state index in [-0.39, 0.29) is 11.7 Å². The summed E-state index contributed by atoms with van der Waals surface area (Å²) in [5, 5.41) is 2.81. The zero-order valence-electron chi connectivity index (χ0n) is 14.2. The van der Waals surface area contributed by atoms with E-state index in [1.807, 2.05) is 24.3 Å². The fraction of sp³-hybridized carbons (Fsp3) is 0.316. The SMILES string of the molecule is O=C(CSc1ccc(F)c(F)c1)Nc1ccc(CN2CCOCC2)cc1. The maximum absolute atomic E-state index is 13.2. The molecule has 0 aromatic heterocycles. The van der Waals surface area contributed by atoms with Gasteiger partial charge < -0.3 is 10.1 Å². The summed E-state index contributed by atoms with van der Waals surface area (Å²) in [6.07, 6.45) is 0. The van der Waals surface area contributed by atoms with Gasteiger partial charge in [-0.2, -0.15) is 0 Å². The van der Waals surface area contributed by atoms with Crippen LogP contribution in [-0.4, -0.2) is 42.9 Å². The Labute approximate surface area is 155 Å². The third kappa shape index (κ3) is 5.52. The van der Waals surface area contributed by atoms with Gasteiger partial charge in [-0.15, -0.1) is 11.8 Å². The number of carbonyl (C=O) groups is 1. The molecule has 3 rings (SSSR count). The van der Waals surface area contributed by atoms with Crippen LogP contribution in [0.4, 0.5) is 14.5 Å². The van der Waals surface area contributed by atoms with Crippen molar-refractivity contribution < 1.29 is 18.3 Å². The number of ether oxygens (including phenoxy) is 1. The number of rotatable bonds is 6. The van der Waals surface area contributed by atoms with Gasteiger partial charge in [0.15, 0.2) is 11.6 Å². The predicted molar refractivity (Wildman–Crippen MR) is 98.2 cm³/mol. The van der Waals surface area contributed by atoms with E-state index in [1.54, 1.807) is 0 Å². The molecule has 7 heteroatoms. The lowest BCUT2D eigenvalue weighted by Gasteiger charge is -2.26. The quantitative estimate of drug-likeness (QED) is 0.781. The fourth-order valence-electron chi connectivity index (χ4n) is 2.62. The molecule has 0 saturated carbocycles. The molecule has 1 saturated heterocycles. The summed E-state index contributed by atoms with van der Waals surface area (Å²) in [6, 6.07) is 11.3. The first kappa shape index (κ1) is 18.8. The van der Waals surface area contributed by atoms with Crippen molar-refractivity contribution in [1.29, 1.82) is 0 Å². The largest absolute Gasteiger partial charge is 0.379 e. The van der Waals surface area contributed by atoms with Gasteiger partial charge in [-0.25, -0.2) is 8.78 Å². The molecule has 0 unspecified atom stereocenters. The zero-order chi connectivity index (χ0) is 18.4. The third-order valence-electron chi connectivity index (χ3n) is 4.01. The molecule has 0 bridgehead atoms. The summed E-state index contributed by atoms with van der Waals surface area (Å²) < 4.78 is 31.4. The van der Waals surface area contributed by atoms with Gasteiger partial charge in [-0.1, -0.05) is 12.1 Å². The number of nitrogens with zero attached hydrogens (tertiary/aromatic N) is 1. The van der Waals surface area contributed by atoms with E-state index in [1.165, 1.54) is 11.6 Å². The molecule has 1 heterocycles. The minimum absolute atomic E-state index is 0.126. The van der Waals surface area contributed by atoms with Crippen molar-refractivity contribution >= 4 is 23.4 Å². The predicted octanol–water partition coefficient (Wildman–Crippen LogP) is 3.53. The average molecular weight is 378 g/mol. The number of benzene rings is 2. The van der Waals surface area contributed by atoms with Crippen LogP contribution in [-0.2, 0) is 16.1 Å².